The highest BCUT2D eigenvalue weighted by atomic mass is 31.2. The van der Waals surface area contributed by atoms with Crippen LogP contribution in [-0.2, 0) is 30.9 Å². The number of carbonyl (C=O) groups excluding carboxylic acids is 2. The molecule has 74 heavy (non-hydrogen) atoms. The monoisotopic (exact) mass is 1030 g/mol. The van der Waals surface area contributed by atoms with Crippen molar-refractivity contribution in [2.45, 2.75) is 159 Å². The third-order valence-corrected chi connectivity index (χ3v) is 14.7. The molecule has 0 aliphatic carbocycles. The van der Waals surface area contributed by atoms with Crippen molar-refractivity contribution in [3.63, 3.8) is 0 Å². The van der Waals surface area contributed by atoms with Gasteiger partial charge in [0.25, 0.3) is 25.9 Å². The smallest absolute Gasteiger partial charge is 0.330 e. The lowest BCUT2D eigenvalue weighted by Crippen LogP contribution is -2.46. The van der Waals surface area contributed by atoms with Crippen molar-refractivity contribution in [1.29, 1.82) is 0 Å². The number of aromatic nitrogens is 2. The van der Waals surface area contributed by atoms with Gasteiger partial charge in [-0.15, -0.1) is 5.06 Å². The van der Waals surface area contributed by atoms with Gasteiger partial charge in [0.15, 0.2) is 12.3 Å². The number of aromatic amines is 1. The number of hydrogen-bond acceptors (Lipinski definition) is 12. The van der Waals surface area contributed by atoms with E-state index in [4.69, 9.17) is 33.8 Å². The minimum atomic E-state index is -2.64. The summed E-state index contributed by atoms with van der Waals surface area (Å²) in [5.74, 6) is -0.151. The standard InChI is InChI=1S/C58H75N4O11P/c1-4-5-6-7-8-9-10-11-12-13-14-15-16-17-18-19-20-22-26-42-27-25-30-48-51(42)55(65)62(54(48)64)72-53-52(73-74(59)67)49(71-56(53)61-40-39-50(63)60-57(61)66)41-70-58(43-28-23-21-24-29-43,44-31-35-46(68-2)36-32-44)45-33-37-47(69-3)38-34-45/h21,23-25,27-40,49,52-53,56,67H,4-20,22,26,41,59H2,1-3H3,(H,60,63,66)/t49-,52-,53-,56-,74?/m1/s1. The molecule has 0 spiro atoms. The number of methoxy groups -OCH3 is 2. The number of ether oxygens (including phenoxy) is 4. The summed E-state index contributed by atoms with van der Waals surface area (Å²) in [5.41, 5.74) is 6.44. The molecule has 7 rings (SSSR count). The number of imide groups is 1. The lowest BCUT2D eigenvalue weighted by Gasteiger charge is -2.37. The Morgan fingerprint density at radius 2 is 1.16 bits per heavy atom. The average Bonchev–Trinajstić information content (AvgIpc) is 3.87. The number of hydrogen-bond donors (Lipinski definition) is 3. The average molecular weight is 1040 g/mol. The summed E-state index contributed by atoms with van der Waals surface area (Å²) in [6.07, 6.45) is 19.2. The van der Waals surface area contributed by atoms with E-state index in [1.54, 1.807) is 26.4 Å². The van der Waals surface area contributed by atoms with Crippen molar-refractivity contribution in [2.24, 2.45) is 5.50 Å². The Bertz CT molecular complexity index is 2600. The highest BCUT2D eigenvalue weighted by Gasteiger charge is 2.53. The molecule has 2 amide bonds. The molecule has 0 radical (unpaired) electrons. The van der Waals surface area contributed by atoms with Crippen molar-refractivity contribution in [3.05, 3.63) is 164 Å². The van der Waals surface area contributed by atoms with Crippen molar-refractivity contribution < 1.29 is 42.8 Å². The molecular formula is C58H75N4O11P. The maximum atomic E-state index is 14.5. The number of nitrogens with one attached hydrogen (secondary N) is 1. The van der Waals surface area contributed by atoms with E-state index in [1.807, 2.05) is 84.9 Å². The molecule has 5 aromatic rings. The zero-order chi connectivity index (χ0) is 52.3. The second kappa shape index (κ2) is 28.4. The number of nitrogens with two attached hydrogens (primary N) is 1. The predicted octanol–water partition coefficient (Wildman–Crippen LogP) is 11.2. The minimum Gasteiger partial charge on any atom is -0.497 e. The summed E-state index contributed by atoms with van der Waals surface area (Å²) in [5, 5.41) is 0.667. The van der Waals surface area contributed by atoms with Gasteiger partial charge in [-0.1, -0.05) is 183 Å². The van der Waals surface area contributed by atoms with E-state index in [2.05, 4.69) is 11.9 Å². The lowest BCUT2D eigenvalue weighted by atomic mass is 9.80. The van der Waals surface area contributed by atoms with E-state index in [-0.39, 0.29) is 17.7 Å². The van der Waals surface area contributed by atoms with Gasteiger partial charge in [0, 0.05) is 12.3 Å². The fourth-order valence-corrected chi connectivity index (χ4v) is 10.8. The number of amides is 2. The van der Waals surface area contributed by atoms with Crippen LogP contribution < -0.4 is 26.2 Å². The van der Waals surface area contributed by atoms with Gasteiger partial charge in [-0.2, -0.15) is 0 Å². The van der Waals surface area contributed by atoms with Crippen LogP contribution in [0.5, 0.6) is 11.5 Å². The van der Waals surface area contributed by atoms with Crippen LogP contribution in [0.15, 0.2) is 119 Å². The van der Waals surface area contributed by atoms with E-state index < -0.39 is 61.7 Å². The number of aryl methyl sites for hydroxylation is 1. The minimum absolute atomic E-state index is 0.179. The Morgan fingerprint density at radius 3 is 1.68 bits per heavy atom. The molecule has 4 aromatic carbocycles. The highest BCUT2D eigenvalue weighted by molar-refractivity contribution is 7.43. The van der Waals surface area contributed by atoms with Crippen LogP contribution in [0.3, 0.4) is 0 Å². The fraction of sp³-hybridized carbons (Fsp3) is 0.483. The molecule has 1 fully saturated rings. The number of rotatable bonds is 32. The maximum Gasteiger partial charge on any atom is 0.330 e. The largest absolute Gasteiger partial charge is 0.497 e. The van der Waals surface area contributed by atoms with Crippen molar-refractivity contribution in [1.82, 2.24) is 14.6 Å². The van der Waals surface area contributed by atoms with Crippen LogP contribution in [0.4, 0.5) is 0 Å². The number of benzene rings is 4. The first-order valence-corrected chi connectivity index (χ1v) is 27.9. The lowest BCUT2D eigenvalue weighted by molar-refractivity contribution is -0.176. The SMILES string of the molecule is CCCCCCCCCCCCCCCCCCCCc1cccc2c1C(=O)N(O[C@@H]1[C@H](OP(N)O)[C@@H](COC(c3ccccc3)(c3ccc(OC)cc3)c3ccc(OC)cc3)O[C@H]1n1ccc(=O)[nH]c1=O)C2=O. The molecule has 1 unspecified atom stereocenters. The molecular weight excluding hydrogens is 960 g/mol. The zero-order valence-electron chi connectivity index (χ0n) is 43.3. The van der Waals surface area contributed by atoms with Crippen LogP contribution in [0.25, 0.3) is 0 Å². The molecule has 0 bridgehead atoms. The summed E-state index contributed by atoms with van der Waals surface area (Å²) in [6, 6.07) is 30.7. The topological polar surface area (TPSA) is 194 Å². The van der Waals surface area contributed by atoms with Crippen molar-refractivity contribution in [3.8, 4) is 11.5 Å². The quantitative estimate of drug-likeness (QED) is 0.0160. The number of fused-ring (bicyclic) bond motifs is 1. The molecule has 2 aliphatic heterocycles. The van der Waals surface area contributed by atoms with E-state index in [0.29, 0.717) is 34.1 Å². The van der Waals surface area contributed by atoms with Gasteiger partial charge in [0.1, 0.15) is 29.3 Å². The van der Waals surface area contributed by atoms with E-state index in [0.717, 1.165) is 47.4 Å². The normalized spacial score (nSPS) is 18.0. The number of carbonyl (C=O) groups is 2. The molecule has 5 atom stereocenters. The molecule has 1 saturated heterocycles. The molecule has 3 heterocycles. The first-order chi connectivity index (χ1) is 36.1. The Kier molecular flexibility index (Phi) is 21.6. The summed E-state index contributed by atoms with van der Waals surface area (Å²) < 4.78 is 31.9. The van der Waals surface area contributed by atoms with E-state index >= 15 is 0 Å². The number of unbranched alkanes of at least 4 members (excludes halogenated alkanes) is 17. The second-order valence-electron chi connectivity index (χ2n) is 19.3. The van der Waals surface area contributed by atoms with E-state index in [9.17, 15) is 24.1 Å². The summed E-state index contributed by atoms with van der Waals surface area (Å²) >= 11 is 0. The number of H-pyrrole nitrogens is 1. The van der Waals surface area contributed by atoms with Crippen LogP contribution in [0, 0.1) is 0 Å². The van der Waals surface area contributed by atoms with Gasteiger partial charge in [-0.25, -0.2) is 4.79 Å². The van der Waals surface area contributed by atoms with Gasteiger partial charge in [0.05, 0.1) is 32.0 Å². The summed E-state index contributed by atoms with van der Waals surface area (Å²) in [4.78, 5) is 73.9. The first-order valence-electron chi connectivity index (χ1n) is 26.6. The Labute approximate surface area is 436 Å². The van der Waals surface area contributed by atoms with Crippen LogP contribution in [0.1, 0.15) is 172 Å². The van der Waals surface area contributed by atoms with Gasteiger partial charge in [-0.3, -0.25) is 34.3 Å². The molecule has 15 nitrogen and oxygen atoms in total. The fourth-order valence-electron chi connectivity index (χ4n) is 10.3. The van der Waals surface area contributed by atoms with Gasteiger partial charge < -0.3 is 28.4 Å². The van der Waals surface area contributed by atoms with Gasteiger partial charge in [0.2, 0.25) is 0 Å². The zero-order valence-corrected chi connectivity index (χ0v) is 44.2. The first kappa shape index (κ1) is 56.2. The number of hydroxylamine groups is 2. The summed E-state index contributed by atoms with van der Waals surface area (Å²) in [7, 11) is 0.523. The molecule has 4 N–H and O–H groups in total. The molecule has 1 aromatic heterocycles. The van der Waals surface area contributed by atoms with Crippen LogP contribution in [-0.4, -0.2) is 70.5 Å². The van der Waals surface area contributed by atoms with E-state index in [1.165, 1.54) is 96.1 Å². The second-order valence-corrected chi connectivity index (χ2v) is 20.2. The van der Waals surface area contributed by atoms with Gasteiger partial charge in [-0.05, 0) is 65.4 Å². The predicted molar refractivity (Wildman–Crippen MR) is 286 cm³/mol. The van der Waals surface area contributed by atoms with Crippen LogP contribution >= 0.6 is 8.53 Å². The Hall–Kier alpha value is -5.51. The Morgan fingerprint density at radius 1 is 0.635 bits per heavy atom. The van der Waals surface area contributed by atoms with Gasteiger partial charge >= 0.3 is 5.69 Å². The highest BCUT2D eigenvalue weighted by Crippen LogP contribution is 2.45. The molecule has 2 aliphatic rings. The third-order valence-electron chi connectivity index (χ3n) is 14.3. The summed E-state index contributed by atoms with van der Waals surface area (Å²) in [6.45, 7) is 1.97. The van der Waals surface area contributed by atoms with Crippen molar-refractivity contribution >= 4 is 20.3 Å². The van der Waals surface area contributed by atoms with Crippen LogP contribution in [0.2, 0.25) is 0 Å². The molecule has 16 heteroatoms. The Balaban J connectivity index is 1.05. The number of nitrogens with zero attached hydrogens (tertiary/aromatic N) is 2. The molecule has 0 saturated carbocycles. The van der Waals surface area contributed by atoms with Crippen molar-refractivity contribution in [2.75, 3.05) is 20.8 Å². The maximum absolute atomic E-state index is 14.5. The third kappa shape index (κ3) is 14.2. The molecule has 398 valence electrons.